The van der Waals surface area contributed by atoms with Crippen molar-refractivity contribution in [2.45, 2.75) is 380 Å². The van der Waals surface area contributed by atoms with Gasteiger partial charge in [0.05, 0.1) is 0 Å². The first kappa shape index (κ1) is 78.8. The van der Waals surface area contributed by atoms with E-state index in [-0.39, 0.29) is 31.1 Å². The fourth-order valence-electron chi connectivity index (χ4n) is 10.6. The molecule has 6 heteroatoms. The molecule has 0 heterocycles. The number of carbonyl (C=O) groups is 3. The number of rotatable bonds is 66. The van der Waals surface area contributed by atoms with E-state index in [2.05, 4.69) is 93.7 Å². The molecular formula is C76H136O6. The molecule has 0 N–H and O–H groups in total. The summed E-state index contributed by atoms with van der Waals surface area (Å²) < 4.78 is 17.0. The standard InChI is InChI=1S/C76H136O6/c1-4-7-10-13-16-19-22-25-28-31-34-35-36-37-38-39-40-41-43-45-48-51-54-57-60-63-66-69-75(78)81-72-73(71-80-74(77)68-65-62-59-56-53-50-47-44-33-30-27-24-21-18-15-12-9-6-3)82-76(79)70-67-64-61-58-55-52-49-46-42-32-29-26-23-20-17-14-11-8-5-2/h8,11,17,20,26,29-30,33,42,46,52,55,73H,4-7,9-10,12-16,18-19,21-25,27-28,31-32,34-41,43-45,47-51,53-54,56-72H2,1-3H3/b11-8-,20-17-,29-26-,33-30-,46-42-,55-52-. The molecule has 0 spiro atoms. The third-order valence-corrected chi connectivity index (χ3v) is 15.9. The van der Waals surface area contributed by atoms with E-state index < -0.39 is 6.10 Å². The molecule has 0 aromatic carbocycles. The summed E-state index contributed by atoms with van der Waals surface area (Å²) in [5.74, 6) is -0.902. The van der Waals surface area contributed by atoms with Gasteiger partial charge in [0.25, 0.3) is 0 Å². The molecule has 0 fully saturated rings. The van der Waals surface area contributed by atoms with Crippen LogP contribution in [0.4, 0.5) is 0 Å². The maximum atomic E-state index is 12.9. The Labute approximate surface area is 510 Å². The van der Waals surface area contributed by atoms with Crippen molar-refractivity contribution >= 4 is 17.9 Å². The first-order valence-electron chi connectivity index (χ1n) is 35.9. The predicted octanol–water partition coefficient (Wildman–Crippen LogP) is 24.8. The number of esters is 3. The molecule has 1 atom stereocenters. The first-order chi connectivity index (χ1) is 40.5. The molecule has 0 saturated heterocycles. The van der Waals surface area contributed by atoms with Gasteiger partial charge in [-0.25, -0.2) is 0 Å². The summed E-state index contributed by atoms with van der Waals surface area (Å²) in [5, 5.41) is 0. The van der Waals surface area contributed by atoms with Crippen molar-refractivity contribution in [3.8, 4) is 0 Å². The van der Waals surface area contributed by atoms with Crippen molar-refractivity contribution in [2.75, 3.05) is 13.2 Å². The van der Waals surface area contributed by atoms with Gasteiger partial charge < -0.3 is 14.2 Å². The van der Waals surface area contributed by atoms with Gasteiger partial charge in [-0.15, -0.1) is 0 Å². The second-order valence-corrected chi connectivity index (χ2v) is 24.1. The lowest BCUT2D eigenvalue weighted by molar-refractivity contribution is -0.167. The minimum Gasteiger partial charge on any atom is -0.462 e. The molecule has 0 aliphatic carbocycles. The van der Waals surface area contributed by atoms with Crippen LogP contribution < -0.4 is 0 Å². The van der Waals surface area contributed by atoms with Gasteiger partial charge in [-0.05, 0) is 89.9 Å². The predicted molar refractivity (Wildman–Crippen MR) is 358 cm³/mol. The average molecular weight is 1150 g/mol. The Morgan fingerprint density at radius 2 is 0.476 bits per heavy atom. The lowest BCUT2D eigenvalue weighted by Gasteiger charge is -2.18. The Bertz CT molecular complexity index is 1500. The van der Waals surface area contributed by atoms with Crippen LogP contribution in [0.1, 0.15) is 374 Å². The van der Waals surface area contributed by atoms with Crippen LogP contribution in [-0.4, -0.2) is 37.2 Å². The summed E-state index contributed by atoms with van der Waals surface area (Å²) in [6, 6.07) is 0. The fraction of sp³-hybridized carbons (Fsp3) is 0.803. The molecule has 0 aliphatic heterocycles. The molecule has 0 amide bonds. The van der Waals surface area contributed by atoms with Crippen LogP contribution in [0.25, 0.3) is 0 Å². The Balaban J connectivity index is 4.32. The SMILES string of the molecule is CC/C=C\C/C=C\C/C=C\C/C=C\C/C=C\CCCCCC(=O)OC(COC(=O)CCCCCCCCC/C=C\CCCCCCCCC)COC(=O)CCCCCCCCCCCCCCCCCCCCCCCCCCCCC. The van der Waals surface area contributed by atoms with Gasteiger partial charge in [0.2, 0.25) is 0 Å². The van der Waals surface area contributed by atoms with Crippen LogP contribution in [0, 0.1) is 0 Å². The molecular weight excluding hydrogens is 1010 g/mol. The highest BCUT2D eigenvalue weighted by Gasteiger charge is 2.19. The monoisotopic (exact) mass is 1150 g/mol. The van der Waals surface area contributed by atoms with Crippen LogP contribution in [-0.2, 0) is 28.6 Å². The quantitative estimate of drug-likeness (QED) is 0.0261. The van der Waals surface area contributed by atoms with E-state index >= 15 is 0 Å². The van der Waals surface area contributed by atoms with Gasteiger partial charge in [0.1, 0.15) is 13.2 Å². The molecule has 0 bridgehead atoms. The molecule has 0 radical (unpaired) electrons. The molecule has 6 nitrogen and oxygen atoms in total. The third kappa shape index (κ3) is 67.6. The smallest absolute Gasteiger partial charge is 0.306 e. The molecule has 0 aliphatic rings. The second kappa shape index (κ2) is 70.3. The summed E-state index contributed by atoms with van der Waals surface area (Å²) >= 11 is 0. The van der Waals surface area contributed by atoms with Gasteiger partial charge in [-0.1, -0.05) is 338 Å². The zero-order chi connectivity index (χ0) is 59.2. The summed E-state index contributed by atoms with van der Waals surface area (Å²) in [4.78, 5) is 38.5. The lowest BCUT2D eigenvalue weighted by atomic mass is 10.0. The van der Waals surface area contributed by atoms with Gasteiger partial charge in [0.15, 0.2) is 6.10 Å². The lowest BCUT2D eigenvalue weighted by Crippen LogP contribution is -2.30. The molecule has 82 heavy (non-hydrogen) atoms. The Hall–Kier alpha value is -3.15. The van der Waals surface area contributed by atoms with E-state index in [0.29, 0.717) is 19.3 Å². The molecule has 0 rings (SSSR count). The van der Waals surface area contributed by atoms with Gasteiger partial charge >= 0.3 is 17.9 Å². The van der Waals surface area contributed by atoms with Crippen LogP contribution in [0.15, 0.2) is 72.9 Å². The maximum absolute atomic E-state index is 12.9. The van der Waals surface area contributed by atoms with E-state index in [0.717, 1.165) is 96.3 Å². The van der Waals surface area contributed by atoms with Gasteiger partial charge in [-0.3, -0.25) is 14.4 Å². The van der Waals surface area contributed by atoms with Gasteiger partial charge in [0, 0.05) is 19.3 Å². The number of allylic oxidation sites excluding steroid dienone is 12. The van der Waals surface area contributed by atoms with E-state index in [1.807, 2.05) is 0 Å². The van der Waals surface area contributed by atoms with Crippen LogP contribution in [0.3, 0.4) is 0 Å². The minimum absolute atomic E-state index is 0.0869. The highest BCUT2D eigenvalue weighted by molar-refractivity contribution is 5.71. The largest absolute Gasteiger partial charge is 0.462 e. The molecule has 1 unspecified atom stereocenters. The fourth-order valence-corrected chi connectivity index (χ4v) is 10.6. The molecule has 0 aromatic heterocycles. The van der Waals surface area contributed by atoms with E-state index in [1.165, 1.54) is 238 Å². The Kier molecular flexibility index (Phi) is 67.6. The highest BCUT2D eigenvalue weighted by Crippen LogP contribution is 2.18. The van der Waals surface area contributed by atoms with Crippen molar-refractivity contribution in [3.05, 3.63) is 72.9 Å². The van der Waals surface area contributed by atoms with Crippen molar-refractivity contribution in [3.63, 3.8) is 0 Å². The normalized spacial score (nSPS) is 12.5. The van der Waals surface area contributed by atoms with Crippen molar-refractivity contribution < 1.29 is 28.6 Å². The summed E-state index contributed by atoms with van der Waals surface area (Å²) in [6.07, 6.45) is 92.2. The van der Waals surface area contributed by atoms with E-state index in [1.54, 1.807) is 0 Å². The summed E-state index contributed by atoms with van der Waals surface area (Å²) in [6.45, 7) is 6.56. The van der Waals surface area contributed by atoms with Crippen molar-refractivity contribution in [1.82, 2.24) is 0 Å². The van der Waals surface area contributed by atoms with Crippen LogP contribution in [0.5, 0.6) is 0 Å². The van der Waals surface area contributed by atoms with Gasteiger partial charge in [-0.2, -0.15) is 0 Å². The zero-order valence-corrected chi connectivity index (χ0v) is 54.8. The van der Waals surface area contributed by atoms with Crippen LogP contribution >= 0.6 is 0 Å². The number of hydrogen-bond donors (Lipinski definition) is 0. The number of hydrogen-bond acceptors (Lipinski definition) is 6. The molecule has 476 valence electrons. The average Bonchev–Trinajstić information content (AvgIpc) is 3.47. The first-order valence-corrected chi connectivity index (χ1v) is 35.9. The van der Waals surface area contributed by atoms with Crippen LogP contribution in [0.2, 0.25) is 0 Å². The second-order valence-electron chi connectivity index (χ2n) is 24.1. The maximum Gasteiger partial charge on any atom is 0.306 e. The van der Waals surface area contributed by atoms with Crippen molar-refractivity contribution in [1.29, 1.82) is 0 Å². The number of unbranched alkanes of at least 4 members (excludes halogenated alkanes) is 43. The van der Waals surface area contributed by atoms with E-state index in [4.69, 9.17) is 14.2 Å². The Morgan fingerprint density at radius 1 is 0.256 bits per heavy atom. The number of ether oxygens (including phenoxy) is 3. The zero-order valence-electron chi connectivity index (χ0n) is 54.8. The van der Waals surface area contributed by atoms with E-state index in [9.17, 15) is 14.4 Å². The summed E-state index contributed by atoms with van der Waals surface area (Å²) in [7, 11) is 0. The minimum atomic E-state index is -0.796. The number of carbonyl (C=O) groups excluding carboxylic acids is 3. The summed E-state index contributed by atoms with van der Waals surface area (Å²) in [5.41, 5.74) is 0. The molecule has 0 saturated carbocycles. The van der Waals surface area contributed by atoms with Crippen molar-refractivity contribution in [2.24, 2.45) is 0 Å². The Morgan fingerprint density at radius 3 is 0.768 bits per heavy atom. The highest BCUT2D eigenvalue weighted by atomic mass is 16.6. The third-order valence-electron chi connectivity index (χ3n) is 15.9. The topological polar surface area (TPSA) is 78.9 Å². The molecule has 0 aromatic rings.